The van der Waals surface area contributed by atoms with Crippen molar-refractivity contribution in [3.05, 3.63) is 23.8 Å². The predicted octanol–water partition coefficient (Wildman–Crippen LogP) is 2.71. The molecule has 1 aromatic carbocycles. The van der Waals surface area contributed by atoms with E-state index in [0.29, 0.717) is 0 Å². The lowest BCUT2D eigenvalue weighted by Gasteiger charge is -2.07. The Morgan fingerprint density at radius 3 is 2.93 bits per heavy atom. The number of rotatable bonds is 5. The van der Waals surface area contributed by atoms with Crippen molar-refractivity contribution in [3.63, 3.8) is 0 Å². The van der Waals surface area contributed by atoms with E-state index in [1.807, 2.05) is 23.9 Å². The number of hydrogen-bond acceptors (Lipinski definition) is 3. The van der Waals surface area contributed by atoms with Gasteiger partial charge in [0.1, 0.15) is 0 Å². The second kappa shape index (κ2) is 5.94. The first-order valence-electron chi connectivity index (χ1n) is 4.72. The van der Waals surface area contributed by atoms with Crippen LogP contribution in [0.5, 0.6) is 0 Å². The zero-order valence-electron chi connectivity index (χ0n) is 8.75. The van der Waals surface area contributed by atoms with Gasteiger partial charge in [-0.05, 0) is 31.0 Å². The lowest BCUT2D eigenvalue weighted by molar-refractivity contribution is 0.200. The molecule has 14 heavy (non-hydrogen) atoms. The average Bonchev–Trinajstić information content (AvgIpc) is 2.19. The molecular formula is C11H17NOS. The summed E-state index contributed by atoms with van der Waals surface area (Å²) in [5, 5.41) is 0. The Morgan fingerprint density at radius 2 is 2.21 bits per heavy atom. The van der Waals surface area contributed by atoms with Gasteiger partial charge in [0.2, 0.25) is 0 Å². The van der Waals surface area contributed by atoms with Crippen LogP contribution in [-0.2, 0) is 4.74 Å². The van der Waals surface area contributed by atoms with E-state index in [-0.39, 0.29) is 0 Å². The first-order chi connectivity index (χ1) is 6.75. The molecule has 2 nitrogen and oxygen atoms in total. The predicted molar refractivity (Wildman–Crippen MR) is 62.8 cm³/mol. The van der Waals surface area contributed by atoms with Gasteiger partial charge in [0.15, 0.2) is 0 Å². The van der Waals surface area contributed by atoms with Crippen molar-refractivity contribution in [2.24, 2.45) is 0 Å². The number of benzene rings is 1. The summed E-state index contributed by atoms with van der Waals surface area (Å²) in [5.41, 5.74) is 7.88. The van der Waals surface area contributed by atoms with E-state index in [0.717, 1.165) is 24.5 Å². The summed E-state index contributed by atoms with van der Waals surface area (Å²) in [6.07, 6.45) is 1.08. The van der Waals surface area contributed by atoms with Gasteiger partial charge in [-0.25, -0.2) is 0 Å². The molecule has 0 saturated carbocycles. The summed E-state index contributed by atoms with van der Waals surface area (Å²) >= 11 is 1.84. The number of anilines is 1. The van der Waals surface area contributed by atoms with E-state index in [1.54, 1.807) is 7.11 Å². The van der Waals surface area contributed by atoms with Gasteiger partial charge in [0.05, 0.1) is 0 Å². The summed E-state index contributed by atoms with van der Waals surface area (Å²) in [6, 6.07) is 6.05. The Bertz CT molecular complexity index is 289. The van der Waals surface area contributed by atoms with Gasteiger partial charge in [-0.1, -0.05) is 6.07 Å². The fourth-order valence-corrected chi connectivity index (χ4v) is 2.16. The molecule has 0 fully saturated rings. The van der Waals surface area contributed by atoms with Crippen LogP contribution < -0.4 is 5.73 Å². The van der Waals surface area contributed by atoms with Gasteiger partial charge >= 0.3 is 0 Å². The van der Waals surface area contributed by atoms with E-state index in [9.17, 15) is 0 Å². The molecule has 0 aliphatic heterocycles. The highest BCUT2D eigenvalue weighted by Gasteiger charge is 2.00. The summed E-state index contributed by atoms with van der Waals surface area (Å²) in [5.74, 6) is 1.08. The maximum atomic E-state index is 5.81. The minimum atomic E-state index is 0.828. The Morgan fingerprint density at radius 1 is 1.43 bits per heavy atom. The smallest absolute Gasteiger partial charge is 0.0470 e. The first kappa shape index (κ1) is 11.4. The molecule has 0 aliphatic rings. The van der Waals surface area contributed by atoms with Crippen LogP contribution in [0.2, 0.25) is 0 Å². The van der Waals surface area contributed by atoms with Crippen molar-refractivity contribution in [2.45, 2.75) is 18.2 Å². The molecule has 0 bridgehead atoms. The normalized spacial score (nSPS) is 10.4. The Kier molecular flexibility index (Phi) is 4.84. The van der Waals surface area contributed by atoms with Gasteiger partial charge in [0.25, 0.3) is 0 Å². The van der Waals surface area contributed by atoms with Crippen LogP contribution >= 0.6 is 11.8 Å². The Labute approximate surface area is 89.8 Å². The van der Waals surface area contributed by atoms with Crippen molar-refractivity contribution < 1.29 is 4.74 Å². The highest BCUT2D eigenvalue weighted by Crippen LogP contribution is 2.26. The van der Waals surface area contributed by atoms with Crippen molar-refractivity contribution in [3.8, 4) is 0 Å². The molecule has 0 amide bonds. The highest BCUT2D eigenvalue weighted by molar-refractivity contribution is 7.99. The lowest BCUT2D eigenvalue weighted by Crippen LogP contribution is -1.93. The monoisotopic (exact) mass is 211 g/mol. The number of hydrogen-bond donors (Lipinski definition) is 1. The maximum absolute atomic E-state index is 5.81. The molecule has 0 unspecified atom stereocenters. The molecule has 0 saturated heterocycles. The summed E-state index contributed by atoms with van der Waals surface area (Å²) in [6.45, 7) is 2.89. The zero-order chi connectivity index (χ0) is 10.4. The number of ether oxygens (including phenoxy) is 1. The van der Waals surface area contributed by atoms with E-state index in [2.05, 4.69) is 13.0 Å². The van der Waals surface area contributed by atoms with Gasteiger partial charge in [0, 0.05) is 30.1 Å². The lowest BCUT2D eigenvalue weighted by atomic mass is 10.2. The fraction of sp³-hybridized carbons (Fsp3) is 0.455. The molecule has 0 heterocycles. The molecule has 3 heteroatoms. The third kappa shape index (κ3) is 3.24. The number of nitrogens with two attached hydrogens (primary N) is 1. The molecule has 0 aromatic heterocycles. The van der Waals surface area contributed by atoms with E-state index >= 15 is 0 Å². The van der Waals surface area contributed by atoms with Crippen molar-refractivity contribution in [2.75, 3.05) is 25.2 Å². The highest BCUT2D eigenvalue weighted by atomic mass is 32.2. The summed E-state index contributed by atoms with van der Waals surface area (Å²) < 4.78 is 5.00. The van der Waals surface area contributed by atoms with E-state index < -0.39 is 0 Å². The van der Waals surface area contributed by atoms with Crippen molar-refractivity contribution >= 4 is 17.4 Å². The quantitative estimate of drug-likeness (QED) is 0.462. The number of thioether (sulfide) groups is 1. The summed E-state index contributed by atoms with van der Waals surface area (Å²) in [4.78, 5) is 1.28. The Hall–Kier alpha value is -0.670. The van der Waals surface area contributed by atoms with E-state index in [1.165, 1.54) is 10.5 Å². The third-order valence-electron chi connectivity index (χ3n) is 2.08. The standard InChI is InChI=1S/C11H17NOS/c1-9-10(12)5-3-6-11(9)14-8-4-7-13-2/h3,5-6H,4,7-8,12H2,1-2H3. The second-order valence-corrected chi connectivity index (χ2v) is 4.30. The van der Waals surface area contributed by atoms with Crippen molar-refractivity contribution in [1.82, 2.24) is 0 Å². The molecule has 0 atom stereocenters. The second-order valence-electron chi connectivity index (χ2n) is 3.17. The molecule has 1 rings (SSSR count). The molecule has 78 valence electrons. The molecule has 0 aliphatic carbocycles. The van der Waals surface area contributed by atoms with Crippen LogP contribution in [0.15, 0.2) is 23.1 Å². The van der Waals surface area contributed by atoms with Crippen LogP contribution in [0.25, 0.3) is 0 Å². The average molecular weight is 211 g/mol. The van der Waals surface area contributed by atoms with Crippen LogP contribution in [-0.4, -0.2) is 19.5 Å². The zero-order valence-corrected chi connectivity index (χ0v) is 9.56. The van der Waals surface area contributed by atoms with Crippen molar-refractivity contribution in [1.29, 1.82) is 0 Å². The fourth-order valence-electron chi connectivity index (χ4n) is 1.17. The van der Waals surface area contributed by atoms with Gasteiger partial charge < -0.3 is 10.5 Å². The molecule has 2 N–H and O–H groups in total. The number of nitrogen functional groups attached to an aromatic ring is 1. The maximum Gasteiger partial charge on any atom is 0.0470 e. The molecule has 0 radical (unpaired) electrons. The van der Waals surface area contributed by atoms with Gasteiger partial charge in [-0.2, -0.15) is 0 Å². The topological polar surface area (TPSA) is 35.2 Å². The number of methoxy groups -OCH3 is 1. The van der Waals surface area contributed by atoms with Gasteiger partial charge in [-0.3, -0.25) is 0 Å². The minimum Gasteiger partial charge on any atom is -0.398 e. The SMILES string of the molecule is COCCCSc1cccc(N)c1C. The third-order valence-corrected chi connectivity index (χ3v) is 3.32. The van der Waals surface area contributed by atoms with Gasteiger partial charge in [-0.15, -0.1) is 11.8 Å². The molecule has 0 spiro atoms. The molecular weight excluding hydrogens is 194 g/mol. The molecule has 1 aromatic rings. The largest absolute Gasteiger partial charge is 0.398 e. The van der Waals surface area contributed by atoms with Crippen LogP contribution in [0, 0.1) is 6.92 Å². The van der Waals surface area contributed by atoms with Crippen LogP contribution in [0.3, 0.4) is 0 Å². The van der Waals surface area contributed by atoms with Crippen LogP contribution in [0.1, 0.15) is 12.0 Å². The summed E-state index contributed by atoms with van der Waals surface area (Å²) in [7, 11) is 1.73. The first-order valence-corrected chi connectivity index (χ1v) is 5.71. The Balaban J connectivity index is 2.46. The van der Waals surface area contributed by atoms with E-state index in [4.69, 9.17) is 10.5 Å². The van der Waals surface area contributed by atoms with Crippen LogP contribution in [0.4, 0.5) is 5.69 Å². The minimum absolute atomic E-state index is 0.828.